The number of carbonyl (C=O) groups is 1. The van der Waals surface area contributed by atoms with E-state index in [0.29, 0.717) is 6.61 Å². The van der Waals surface area contributed by atoms with Crippen LogP contribution in [0.25, 0.3) is 22.0 Å². The summed E-state index contributed by atoms with van der Waals surface area (Å²) in [5.41, 5.74) is 7.07. The molecule has 0 aliphatic rings. The second-order valence-electron chi connectivity index (χ2n) is 7.35. The Morgan fingerprint density at radius 3 is 2.31 bits per heavy atom. The number of fused-ring (bicyclic) bond motifs is 1. The number of methoxy groups -OCH3 is 1. The molecule has 0 unspecified atom stereocenters. The van der Waals surface area contributed by atoms with E-state index in [2.05, 4.69) is 66.5 Å². The van der Waals surface area contributed by atoms with E-state index >= 15 is 0 Å². The van der Waals surface area contributed by atoms with Gasteiger partial charge in [-0.25, -0.2) is 0 Å². The lowest BCUT2D eigenvalue weighted by atomic mass is 9.99. The Morgan fingerprint density at radius 1 is 0.938 bits per heavy atom. The molecule has 1 N–H and O–H groups in total. The van der Waals surface area contributed by atoms with Crippen molar-refractivity contribution in [3.63, 3.8) is 0 Å². The van der Waals surface area contributed by atoms with E-state index in [-0.39, 0.29) is 6.47 Å². The minimum absolute atomic E-state index is 0.250. The molecule has 4 aromatic rings. The molecule has 5 nitrogen and oxygen atoms in total. The standard InChI is InChI=1S/C26H25NO2.CH2O2/c1-19-16-24(17-23-4-3-14-27-26(19)23)22-9-5-21(6-10-22)18-29-25-11-7-20(8-12-25)13-15-28-2;2-1-3/h3-12,14,16-17H,13,15,18H2,1-2H3;1H,(H,2,3). The second kappa shape index (κ2) is 11.6. The fourth-order valence-electron chi connectivity index (χ4n) is 3.47. The lowest BCUT2D eigenvalue weighted by molar-refractivity contribution is -0.122. The van der Waals surface area contributed by atoms with Gasteiger partial charge >= 0.3 is 0 Å². The Hall–Kier alpha value is -3.70. The Balaban J connectivity index is 0.000000913. The Labute approximate surface area is 188 Å². The molecule has 0 radical (unpaired) electrons. The molecular weight excluding hydrogens is 402 g/mol. The molecule has 32 heavy (non-hydrogen) atoms. The first kappa shape index (κ1) is 23.0. The summed E-state index contributed by atoms with van der Waals surface area (Å²) in [4.78, 5) is 12.8. The molecule has 0 spiro atoms. The van der Waals surface area contributed by atoms with Crippen LogP contribution < -0.4 is 4.74 Å². The van der Waals surface area contributed by atoms with Gasteiger partial charge in [-0.05, 0) is 71.5 Å². The third-order valence-corrected chi connectivity index (χ3v) is 5.11. The number of rotatable bonds is 7. The van der Waals surface area contributed by atoms with E-state index in [1.807, 2.05) is 24.4 Å². The highest BCUT2D eigenvalue weighted by atomic mass is 16.5. The van der Waals surface area contributed by atoms with Crippen LogP contribution >= 0.6 is 0 Å². The number of ether oxygens (including phenoxy) is 2. The molecule has 3 aromatic carbocycles. The van der Waals surface area contributed by atoms with Gasteiger partial charge < -0.3 is 14.6 Å². The van der Waals surface area contributed by atoms with E-state index in [1.54, 1.807) is 7.11 Å². The average Bonchev–Trinajstić information content (AvgIpc) is 2.83. The van der Waals surface area contributed by atoms with Crippen LogP contribution in [-0.2, 0) is 22.6 Å². The van der Waals surface area contributed by atoms with Crippen molar-refractivity contribution in [2.24, 2.45) is 0 Å². The summed E-state index contributed by atoms with van der Waals surface area (Å²) in [5.74, 6) is 0.882. The van der Waals surface area contributed by atoms with Gasteiger partial charge in [-0.1, -0.05) is 42.5 Å². The summed E-state index contributed by atoms with van der Waals surface area (Å²) in [6.45, 7) is 3.15. The second-order valence-corrected chi connectivity index (χ2v) is 7.35. The van der Waals surface area contributed by atoms with E-state index in [0.717, 1.165) is 29.9 Å². The zero-order chi connectivity index (χ0) is 22.8. The average molecular weight is 430 g/mol. The number of hydrogen-bond donors (Lipinski definition) is 1. The first-order chi connectivity index (χ1) is 15.6. The maximum atomic E-state index is 8.36. The highest BCUT2D eigenvalue weighted by Gasteiger charge is 2.05. The van der Waals surface area contributed by atoms with Crippen LogP contribution in [0.15, 0.2) is 79.0 Å². The van der Waals surface area contributed by atoms with Crippen LogP contribution in [0.1, 0.15) is 16.7 Å². The van der Waals surface area contributed by atoms with Crippen molar-refractivity contribution < 1.29 is 19.4 Å². The molecule has 0 fully saturated rings. The maximum absolute atomic E-state index is 8.36. The first-order valence-corrected chi connectivity index (χ1v) is 10.4. The lowest BCUT2D eigenvalue weighted by Gasteiger charge is -2.10. The number of hydrogen-bond acceptors (Lipinski definition) is 4. The van der Waals surface area contributed by atoms with Crippen LogP contribution in [0.2, 0.25) is 0 Å². The van der Waals surface area contributed by atoms with Crippen LogP contribution in [-0.4, -0.2) is 30.3 Å². The molecule has 4 rings (SSSR count). The minimum Gasteiger partial charge on any atom is -0.489 e. The lowest BCUT2D eigenvalue weighted by Crippen LogP contribution is -1.97. The normalized spacial score (nSPS) is 10.3. The van der Waals surface area contributed by atoms with Crippen molar-refractivity contribution >= 4 is 17.4 Å². The van der Waals surface area contributed by atoms with Crippen LogP contribution in [0.5, 0.6) is 5.75 Å². The largest absolute Gasteiger partial charge is 0.489 e. The van der Waals surface area contributed by atoms with Gasteiger partial charge in [0.25, 0.3) is 6.47 Å². The first-order valence-electron chi connectivity index (χ1n) is 10.4. The van der Waals surface area contributed by atoms with Gasteiger partial charge in [-0.3, -0.25) is 9.78 Å². The minimum atomic E-state index is -0.250. The fraction of sp³-hybridized carbons (Fsp3) is 0.185. The number of pyridine rings is 1. The van der Waals surface area contributed by atoms with Crippen molar-refractivity contribution in [1.29, 1.82) is 0 Å². The predicted molar refractivity (Wildman–Crippen MR) is 127 cm³/mol. The van der Waals surface area contributed by atoms with Gasteiger partial charge in [0.1, 0.15) is 12.4 Å². The molecule has 0 aliphatic carbocycles. The van der Waals surface area contributed by atoms with Gasteiger partial charge in [0.2, 0.25) is 0 Å². The van der Waals surface area contributed by atoms with Crippen molar-refractivity contribution in [3.05, 3.63) is 95.7 Å². The van der Waals surface area contributed by atoms with Crippen LogP contribution in [0.4, 0.5) is 0 Å². The summed E-state index contributed by atoms with van der Waals surface area (Å²) in [6.07, 6.45) is 2.76. The highest BCUT2D eigenvalue weighted by molar-refractivity contribution is 5.87. The molecule has 0 saturated heterocycles. The van der Waals surface area contributed by atoms with Crippen molar-refractivity contribution in [1.82, 2.24) is 4.98 Å². The summed E-state index contributed by atoms with van der Waals surface area (Å²) in [7, 11) is 1.72. The van der Waals surface area contributed by atoms with Crippen molar-refractivity contribution in [2.45, 2.75) is 20.0 Å². The van der Waals surface area contributed by atoms with Crippen molar-refractivity contribution in [3.8, 4) is 16.9 Å². The molecule has 1 aromatic heterocycles. The van der Waals surface area contributed by atoms with Gasteiger partial charge in [0.05, 0.1) is 12.1 Å². The van der Waals surface area contributed by atoms with Crippen LogP contribution in [0, 0.1) is 6.92 Å². The molecule has 1 heterocycles. The molecule has 0 amide bonds. The highest BCUT2D eigenvalue weighted by Crippen LogP contribution is 2.27. The Bertz CT molecular complexity index is 1140. The van der Waals surface area contributed by atoms with Gasteiger partial charge in [-0.2, -0.15) is 0 Å². The SMILES string of the molecule is COCCc1ccc(OCc2ccc(-c3cc(C)c4ncccc4c3)cc2)cc1.O=CO. The van der Waals surface area contributed by atoms with Gasteiger partial charge in [0.15, 0.2) is 0 Å². The van der Waals surface area contributed by atoms with E-state index in [4.69, 9.17) is 19.4 Å². The summed E-state index contributed by atoms with van der Waals surface area (Å²) >= 11 is 0. The van der Waals surface area contributed by atoms with E-state index in [9.17, 15) is 0 Å². The number of aryl methyl sites for hydroxylation is 1. The zero-order valence-corrected chi connectivity index (χ0v) is 18.3. The van der Waals surface area contributed by atoms with E-state index in [1.165, 1.54) is 27.6 Å². The molecule has 5 heteroatoms. The van der Waals surface area contributed by atoms with Crippen molar-refractivity contribution in [2.75, 3.05) is 13.7 Å². The molecule has 0 saturated carbocycles. The quantitative estimate of drug-likeness (QED) is 0.383. The third kappa shape index (κ3) is 6.15. The number of benzene rings is 3. The Morgan fingerprint density at radius 2 is 1.62 bits per heavy atom. The molecule has 0 aliphatic heterocycles. The predicted octanol–water partition coefficient (Wildman–Crippen LogP) is 5.68. The monoisotopic (exact) mass is 429 g/mol. The summed E-state index contributed by atoms with van der Waals surface area (Å²) in [5, 5.41) is 8.06. The Kier molecular flexibility index (Phi) is 8.35. The third-order valence-electron chi connectivity index (χ3n) is 5.11. The molecular formula is C27H27NO4. The number of nitrogens with zero attached hydrogens (tertiary/aromatic N) is 1. The fourth-order valence-corrected chi connectivity index (χ4v) is 3.47. The maximum Gasteiger partial charge on any atom is 0.290 e. The molecule has 164 valence electrons. The topological polar surface area (TPSA) is 68.7 Å². The number of aromatic nitrogens is 1. The van der Waals surface area contributed by atoms with E-state index < -0.39 is 0 Å². The zero-order valence-electron chi connectivity index (χ0n) is 18.3. The molecule has 0 bridgehead atoms. The summed E-state index contributed by atoms with van der Waals surface area (Å²) in [6, 6.07) is 25.3. The molecule has 0 atom stereocenters. The van der Waals surface area contributed by atoms with Crippen LogP contribution in [0.3, 0.4) is 0 Å². The van der Waals surface area contributed by atoms with Gasteiger partial charge in [0, 0.05) is 18.7 Å². The van der Waals surface area contributed by atoms with Gasteiger partial charge in [-0.15, -0.1) is 0 Å². The number of carboxylic acid groups (broad SMARTS) is 1. The summed E-state index contributed by atoms with van der Waals surface area (Å²) < 4.78 is 11.1. The smallest absolute Gasteiger partial charge is 0.290 e.